The molecule has 5 nitrogen and oxygen atoms in total. The van der Waals surface area contributed by atoms with Crippen LogP contribution in [-0.2, 0) is 13.0 Å². The highest BCUT2D eigenvalue weighted by Gasteiger charge is 2.20. The molecular formula is C16H16ClN3O2. The Morgan fingerprint density at radius 2 is 2.14 bits per heavy atom. The number of benzene rings is 2. The molecule has 0 saturated heterocycles. The molecule has 22 heavy (non-hydrogen) atoms. The number of nitrogen functional groups attached to an aromatic ring is 1. The van der Waals surface area contributed by atoms with Gasteiger partial charge in [0.2, 0.25) is 0 Å². The summed E-state index contributed by atoms with van der Waals surface area (Å²) in [7, 11) is 0. The summed E-state index contributed by atoms with van der Waals surface area (Å²) >= 11 is 5.86. The number of nitro groups is 1. The van der Waals surface area contributed by atoms with E-state index in [0.717, 1.165) is 41.9 Å². The second-order valence-corrected chi connectivity index (χ2v) is 5.82. The topological polar surface area (TPSA) is 72.4 Å². The quantitative estimate of drug-likeness (QED) is 0.531. The van der Waals surface area contributed by atoms with Crippen molar-refractivity contribution in [2.75, 3.05) is 17.2 Å². The van der Waals surface area contributed by atoms with Crippen molar-refractivity contribution in [3.63, 3.8) is 0 Å². The standard InChI is InChI=1S/C16H16ClN3O2/c17-13-7-6-11(9-16(13)20(21)22)10-19-8-2-3-12-14(18)4-1-5-15(12)19/h1,4-7,9H,2-3,8,10,18H2. The molecule has 2 N–H and O–H groups in total. The van der Waals surface area contributed by atoms with E-state index < -0.39 is 4.92 Å². The predicted octanol–water partition coefficient (Wildman–Crippen LogP) is 3.78. The highest BCUT2D eigenvalue weighted by atomic mass is 35.5. The van der Waals surface area contributed by atoms with Crippen LogP contribution in [0, 0.1) is 10.1 Å². The number of halogens is 1. The summed E-state index contributed by atoms with van der Waals surface area (Å²) in [5.41, 5.74) is 9.95. The van der Waals surface area contributed by atoms with Crippen LogP contribution in [0.5, 0.6) is 0 Å². The highest BCUT2D eigenvalue weighted by molar-refractivity contribution is 6.32. The number of fused-ring (bicyclic) bond motifs is 1. The van der Waals surface area contributed by atoms with Gasteiger partial charge in [0.05, 0.1) is 4.92 Å². The van der Waals surface area contributed by atoms with Crippen LogP contribution in [-0.4, -0.2) is 11.5 Å². The third-order valence-corrected chi connectivity index (χ3v) is 4.28. The zero-order chi connectivity index (χ0) is 15.7. The molecule has 2 aromatic rings. The number of nitrogens with two attached hydrogens (primary N) is 1. The fourth-order valence-electron chi connectivity index (χ4n) is 2.91. The van der Waals surface area contributed by atoms with Gasteiger partial charge in [-0.3, -0.25) is 10.1 Å². The smallest absolute Gasteiger partial charge is 0.288 e. The minimum Gasteiger partial charge on any atom is -0.398 e. The van der Waals surface area contributed by atoms with Crippen LogP contribution >= 0.6 is 11.6 Å². The number of hydrogen-bond acceptors (Lipinski definition) is 4. The zero-order valence-corrected chi connectivity index (χ0v) is 12.7. The number of hydrogen-bond donors (Lipinski definition) is 1. The van der Waals surface area contributed by atoms with Crippen LogP contribution in [0.15, 0.2) is 36.4 Å². The lowest BCUT2D eigenvalue weighted by atomic mass is 9.99. The summed E-state index contributed by atoms with van der Waals surface area (Å²) in [6, 6.07) is 10.9. The Balaban J connectivity index is 1.91. The van der Waals surface area contributed by atoms with Gasteiger partial charge < -0.3 is 10.6 Å². The second kappa shape index (κ2) is 5.85. The van der Waals surface area contributed by atoms with Gasteiger partial charge in [-0.2, -0.15) is 0 Å². The van der Waals surface area contributed by atoms with E-state index in [1.54, 1.807) is 12.1 Å². The Hall–Kier alpha value is -2.27. The van der Waals surface area contributed by atoms with Crippen molar-refractivity contribution in [2.45, 2.75) is 19.4 Å². The average Bonchev–Trinajstić information content (AvgIpc) is 2.50. The van der Waals surface area contributed by atoms with Crippen molar-refractivity contribution in [1.29, 1.82) is 0 Å². The molecule has 0 bridgehead atoms. The molecule has 0 radical (unpaired) electrons. The van der Waals surface area contributed by atoms with Gasteiger partial charge in [0, 0.05) is 30.5 Å². The number of nitro benzene ring substituents is 1. The van der Waals surface area contributed by atoms with E-state index in [4.69, 9.17) is 17.3 Å². The van der Waals surface area contributed by atoms with Gasteiger partial charge in [-0.05, 0) is 42.2 Å². The number of nitrogens with zero attached hydrogens (tertiary/aromatic N) is 2. The molecule has 1 aliphatic heterocycles. The molecule has 3 rings (SSSR count). The minimum absolute atomic E-state index is 0.0519. The van der Waals surface area contributed by atoms with E-state index in [-0.39, 0.29) is 10.7 Å². The first-order chi connectivity index (χ1) is 10.6. The third-order valence-electron chi connectivity index (χ3n) is 3.96. The first-order valence-corrected chi connectivity index (χ1v) is 7.49. The highest BCUT2D eigenvalue weighted by Crippen LogP contribution is 2.33. The van der Waals surface area contributed by atoms with E-state index in [0.29, 0.717) is 6.54 Å². The minimum atomic E-state index is -0.450. The summed E-state index contributed by atoms with van der Waals surface area (Å²) in [6.07, 6.45) is 2.00. The van der Waals surface area contributed by atoms with Crippen LogP contribution in [0.1, 0.15) is 17.5 Å². The molecule has 6 heteroatoms. The molecular weight excluding hydrogens is 302 g/mol. The van der Waals surface area contributed by atoms with Crippen LogP contribution in [0.3, 0.4) is 0 Å². The average molecular weight is 318 g/mol. The first kappa shape index (κ1) is 14.7. The van der Waals surface area contributed by atoms with Gasteiger partial charge in [0.15, 0.2) is 0 Å². The van der Waals surface area contributed by atoms with Crippen molar-refractivity contribution in [3.05, 3.63) is 62.7 Å². The molecule has 0 aromatic heterocycles. The largest absolute Gasteiger partial charge is 0.398 e. The molecule has 0 spiro atoms. The van der Waals surface area contributed by atoms with Gasteiger partial charge >= 0.3 is 0 Å². The van der Waals surface area contributed by atoms with Crippen LogP contribution in [0.2, 0.25) is 5.02 Å². The van der Waals surface area contributed by atoms with Gasteiger partial charge in [0.25, 0.3) is 5.69 Å². The fourth-order valence-corrected chi connectivity index (χ4v) is 3.10. The van der Waals surface area contributed by atoms with E-state index in [9.17, 15) is 10.1 Å². The lowest BCUT2D eigenvalue weighted by Gasteiger charge is -2.32. The Kier molecular flexibility index (Phi) is 3.90. The summed E-state index contributed by atoms with van der Waals surface area (Å²) in [5.74, 6) is 0. The zero-order valence-electron chi connectivity index (χ0n) is 12.0. The van der Waals surface area contributed by atoms with Crippen molar-refractivity contribution in [1.82, 2.24) is 0 Å². The van der Waals surface area contributed by atoms with Gasteiger partial charge in [0.1, 0.15) is 5.02 Å². The number of rotatable bonds is 3. The molecule has 0 atom stereocenters. The predicted molar refractivity (Wildman–Crippen MR) is 88.3 cm³/mol. The van der Waals surface area contributed by atoms with Crippen molar-refractivity contribution in [3.8, 4) is 0 Å². The van der Waals surface area contributed by atoms with Crippen LogP contribution in [0.25, 0.3) is 0 Å². The molecule has 2 aromatic carbocycles. The van der Waals surface area contributed by atoms with Crippen molar-refractivity contribution < 1.29 is 4.92 Å². The lowest BCUT2D eigenvalue weighted by Crippen LogP contribution is -2.29. The summed E-state index contributed by atoms with van der Waals surface area (Å²) in [5, 5.41) is 11.2. The summed E-state index contributed by atoms with van der Waals surface area (Å²) < 4.78 is 0. The van der Waals surface area contributed by atoms with Crippen molar-refractivity contribution in [2.24, 2.45) is 0 Å². The maximum Gasteiger partial charge on any atom is 0.288 e. The van der Waals surface area contributed by atoms with Gasteiger partial charge in [-0.15, -0.1) is 0 Å². The Morgan fingerprint density at radius 3 is 2.91 bits per heavy atom. The maximum atomic E-state index is 11.0. The van der Waals surface area contributed by atoms with Crippen molar-refractivity contribution >= 4 is 28.7 Å². The summed E-state index contributed by atoms with van der Waals surface area (Å²) in [4.78, 5) is 12.8. The number of anilines is 2. The van der Waals surface area contributed by atoms with Crippen LogP contribution in [0.4, 0.5) is 17.1 Å². The third kappa shape index (κ3) is 2.72. The van der Waals surface area contributed by atoms with Gasteiger partial charge in [-0.25, -0.2) is 0 Å². The van der Waals surface area contributed by atoms with Gasteiger partial charge in [-0.1, -0.05) is 23.7 Å². The molecule has 0 fully saturated rings. The van der Waals surface area contributed by atoms with Crippen LogP contribution < -0.4 is 10.6 Å². The first-order valence-electron chi connectivity index (χ1n) is 7.11. The lowest BCUT2D eigenvalue weighted by molar-refractivity contribution is -0.384. The Morgan fingerprint density at radius 1 is 1.32 bits per heavy atom. The summed E-state index contributed by atoms with van der Waals surface area (Å²) in [6.45, 7) is 1.52. The normalized spacial score (nSPS) is 13.8. The molecule has 0 amide bonds. The molecule has 0 aliphatic carbocycles. The molecule has 114 valence electrons. The monoisotopic (exact) mass is 317 g/mol. The van der Waals surface area contributed by atoms with E-state index in [2.05, 4.69) is 11.0 Å². The molecule has 1 aliphatic rings. The Bertz CT molecular complexity index is 733. The molecule has 0 saturated carbocycles. The SMILES string of the molecule is Nc1cccc2c1CCCN2Cc1ccc(Cl)c([N+](=O)[O-])c1. The van der Waals surface area contributed by atoms with E-state index in [1.165, 1.54) is 0 Å². The van der Waals surface area contributed by atoms with E-state index >= 15 is 0 Å². The second-order valence-electron chi connectivity index (χ2n) is 5.41. The molecule has 0 unspecified atom stereocenters. The fraction of sp³-hybridized carbons (Fsp3) is 0.250. The Labute approximate surface area is 133 Å². The molecule has 1 heterocycles. The maximum absolute atomic E-state index is 11.0. The van der Waals surface area contributed by atoms with E-state index in [1.807, 2.05) is 18.2 Å².